The van der Waals surface area contributed by atoms with Gasteiger partial charge >= 0.3 is 0 Å². The van der Waals surface area contributed by atoms with E-state index in [0.29, 0.717) is 6.61 Å². The van der Waals surface area contributed by atoms with Crippen LogP contribution in [0, 0.1) is 0 Å². The summed E-state index contributed by atoms with van der Waals surface area (Å²) in [5, 5.41) is 7.16. The summed E-state index contributed by atoms with van der Waals surface area (Å²) >= 11 is 3.29. The van der Waals surface area contributed by atoms with Crippen LogP contribution in [0.25, 0.3) is 10.6 Å². The van der Waals surface area contributed by atoms with E-state index in [1.165, 1.54) is 5.56 Å². The Kier molecular flexibility index (Phi) is 3.48. The van der Waals surface area contributed by atoms with Crippen molar-refractivity contribution in [3.8, 4) is 10.6 Å². The molecule has 0 aliphatic carbocycles. The first-order valence-corrected chi connectivity index (χ1v) is 6.36. The van der Waals surface area contributed by atoms with Gasteiger partial charge in [-0.15, -0.1) is 11.3 Å². The number of hydrogen-bond acceptors (Lipinski definition) is 5. The van der Waals surface area contributed by atoms with Gasteiger partial charge in [-0.05, 0) is 11.4 Å². The lowest BCUT2D eigenvalue weighted by molar-refractivity contribution is 0.180. The maximum Gasteiger partial charge on any atom is 0.124 e. The minimum Gasteiger partial charge on any atom is -0.383 e. The number of nitrogens with zero attached hydrogens (tertiary/aromatic N) is 1. The van der Waals surface area contributed by atoms with E-state index in [1.54, 1.807) is 29.8 Å². The number of methoxy groups -OCH3 is 1. The van der Waals surface area contributed by atoms with Crippen LogP contribution in [-0.2, 0) is 4.74 Å². The van der Waals surface area contributed by atoms with Gasteiger partial charge in [0.25, 0.3) is 0 Å². The van der Waals surface area contributed by atoms with Crippen molar-refractivity contribution in [3.63, 3.8) is 0 Å². The van der Waals surface area contributed by atoms with Crippen molar-refractivity contribution in [2.24, 2.45) is 5.73 Å². The number of thiazole rings is 1. The highest BCUT2D eigenvalue weighted by molar-refractivity contribution is 7.14. The molecule has 1 atom stereocenters. The molecule has 2 aromatic rings. The summed E-state index contributed by atoms with van der Waals surface area (Å²) in [5.74, 6) is 0. The van der Waals surface area contributed by atoms with E-state index < -0.39 is 0 Å². The molecule has 15 heavy (non-hydrogen) atoms. The molecule has 0 aromatic carbocycles. The fraction of sp³-hybridized carbons (Fsp3) is 0.300. The molecule has 0 aliphatic heterocycles. The Morgan fingerprint density at radius 3 is 3.07 bits per heavy atom. The van der Waals surface area contributed by atoms with E-state index in [0.717, 1.165) is 10.7 Å². The highest BCUT2D eigenvalue weighted by Gasteiger charge is 2.11. The van der Waals surface area contributed by atoms with Crippen LogP contribution in [0.1, 0.15) is 11.7 Å². The van der Waals surface area contributed by atoms with E-state index in [4.69, 9.17) is 10.5 Å². The molecule has 0 aliphatic rings. The first kappa shape index (κ1) is 10.8. The Hall–Kier alpha value is -0.750. The number of thiophene rings is 1. The van der Waals surface area contributed by atoms with Gasteiger partial charge in [0.2, 0.25) is 0 Å². The van der Waals surface area contributed by atoms with Crippen molar-refractivity contribution in [2.45, 2.75) is 6.04 Å². The molecule has 0 saturated heterocycles. The lowest BCUT2D eigenvalue weighted by atomic mass is 10.2. The molecule has 80 valence electrons. The van der Waals surface area contributed by atoms with Crippen molar-refractivity contribution in [1.29, 1.82) is 0 Å². The van der Waals surface area contributed by atoms with Crippen molar-refractivity contribution >= 4 is 22.7 Å². The third-order valence-electron chi connectivity index (χ3n) is 2.02. The number of hydrogen-bond donors (Lipinski definition) is 1. The Morgan fingerprint density at radius 2 is 2.40 bits per heavy atom. The van der Waals surface area contributed by atoms with E-state index in [1.807, 2.05) is 10.8 Å². The normalized spacial score (nSPS) is 12.9. The second-order valence-corrected chi connectivity index (χ2v) is 4.79. The standard InChI is InChI=1S/C10H12N2OS2/c1-13-4-8(11)9-6-15-10(12-9)7-2-3-14-5-7/h2-3,5-6,8H,4,11H2,1H3. The van der Waals surface area contributed by atoms with E-state index in [-0.39, 0.29) is 6.04 Å². The third-order valence-corrected chi connectivity index (χ3v) is 3.61. The van der Waals surface area contributed by atoms with Crippen LogP contribution in [0.15, 0.2) is 22.2 Å². The van der Waals surface area contributed by atoms with Crippen LogP contribution in [0.5, 0.6) is 0 Å². The first-order chi connectivity index (χ1) is 7.31. The lowest BCUT2D eigenvalue weighted by Crippen LogP contribution is -2.16. The van der Waals surface area contributed by atoms with Gasteiger partial charge in [-0.2, -0.15) is 11.3 Å². The summed E-state index contributed by atoms with van der Waals surface area (Å²) in [4.78, 5) is 4.49. The molecule has 1 unspecified atom stereocenters. The average Bonchev–Trinajstić information content (AvgIpc) is 2.89. The van der Waals surface area contributed by atoms with Gasteiger partial charge in [-0.3, -0.25) is 0 Å². The molecule has 2 heterocycles. The molecule has 3 nitrogen and oxygen atoms in total. The average molecular weight is 240 g/mol. The predicted molar refractivity (Wildman–Crippen MR) is 64.2 cm³/mol. The number of ether oxygens (including phenoxy) is 1. The number of aromatic nitrogens is 1. The molecule has 0 fully saturated rings. The molecular weight excluding hydrogens is 228 g/mol. The van der Waals surface area contributed by atoms with Crippen molar-refractivity contribution in [1.82, 2.24) is 4.98 Å². The van der Waals surface area contributed by atoms with Crippen molar-refractivity contribution in [2.75, 3.05) is 13.7 Å². The van der Waals surface area contributed by atoms with Crippen LogP contribution in [0.2, 0.25) is 0 Å². The number of rotatable bonds is 4. The molecular formula is C10H12N2OS2. The van der Waals surface area contributed by atoms with Crippen LogP contribution >= 0.6 is 22.7 Å². The van der Waals surface area contributed by atoms with E-state index >= 15 is 0 Å². The third kappa shape index (κ3) is 2.43. The molecule has 2 rings (SSSR count). The zero-order valence-corrected chi connectivity index (χ0v) is 9.98. The fourth-order valence-electron chi connectivity index (χ4n) is 1.24. The monoisotopic (exact) mass is 240 g/mol. The van der Waals surface area contributed by atoms with Gasteiger partial charge < -0.3 is 10.5 Å². The summed E-state index contributed by atoms with van der Waals surface area (Å²) in [5.41, 5.74) is 7.97. The van der Waals surface area contributed by atoms with Crippen LogP contribution in [0.3, 0.4) is 0 Å². The van der Waals surface area contributed by atoms with Gasteiger partial charge in [-0.1, -0.05) is 0 Å². The maximum absolute atomic E-state index is 5.89. The molecule has 0 radical (unpaired) electrons. The molecule has 2 aromatic heterocycles. The molecule has 0 spiro atoms. The van der Waals surface area contributed by atoms with Gasteiger partial charge in [0.05, 0.1) is 18.3 Å². The quantitative estimate of drug-likeness (QED) is 0.893. The zero-order chi connectivity index (χ0) is 10.7. The molecule has 2 N–H and O–H groups in total. The zero-order valence-electron chi connectivity index (χ0n) is 8.34. The van der Waals surface area contributed by atoms with Gasteiger partial charge in [0, 0.05) is 23.4 Å². The lowest BCUT2D eigenvalue weighted by Gasteiger charge is -2.05. The first-order valence-electron chi connectivity index (χ1n) is 4.53. The Labute approximate surface area is 96.5 Å². The minimum atomic E-state index is -0.126. The van der Waals surface area contributed by atoms with E-state index in [9.17, 15) is 0 Å². The highest BCUT2D eigenvalue weighted by Crippen LogP contribution is 2.27. The molecule has 0 bridgehead atoms. The molecule has 5 heteroatoms. The Bertz CT molecular complexity index is 411. The van der Waals surface area contributed by atoms with Gasteiger partial charge in [0.1, 0.15) is 5.01 Å². The van der Waals surface area contributed by atoms with Crippen molar-refractivity contribution in [3.05, 3.63) is 27.9 Å². The second kappa shape index (κ2) is 4.85. The summed E-state index contributed by atoms with van der Waals surface area (Å²) in [7, 11) is 1.64. The van der Waals surface area contributed by atoms with Crippen LogP contribution < -0.4 is 5.73 Å². The van der Waals surface area contributed by atoms with E-state index in [2.05, 4.69) is 16.4 Å². The van der Waals surface area contributed by atoms with Gasteiger partial charge in [0.15, 0.2) is 0 Å². The topological polar surface area (TPSA) is 48.1 Å². The smallest absolute Gasteiger partial charge is 0.124 e. The van der Waals surface area contributed by atoms with Crippen LogP contribution in [0.4, 0.5) is 0 Å². The second-order valence-electron chi connectivity index (χ2n) is 3.15. The fourth-order valence-corrected chi connectivity index (χ4v) is 2.84. The molecule has 0 amide bonds. The Morgan fingerprint density at radius 1 is 1.53 bits per heavy atom. The van der Waals surface area contributed by atoms with Crippen LogP contribution in [-0.4, -0.2) is 18.7 Å². The van der Waals surface area contributed by atoms with Gasteiger partial charge in [-0.25, -0.2) is 4.98 Å². The minimum absolute atomic E-state index is 0.126. The number of nitrogens with two attached hydrogens (primary N) is 1. The highest BCUT2D eigenvalue weighted by atomic mass is 32.1. The van der Waals surface area contributed by atoms with Crippen molar-refractivity contribution < 1.29 is 4.74 Å². The summed E-state index contributed by atoms with van der Waals surface area (Å²) in [6.07, 6.45) is 0. The summed E-state index contributed by atoms with van der Waals surface area (Å²) in [6, 6.07) is 1.94. The SMILES string of the molecule is COCC(N)c1csc(-c2ccsc2)n1. The maximum atomic E-state index is 5.89. The largest absolute Gasteiger partial charge is 0.383 e. The molecule has 0 saturated carbocycles. The predicted octanol–water partition coefficient (Wildman–Crippen LogP) is 2.52. The Balaban J connectivity index is 2.17. The summed E-state index contributed by atoms with van der Waals surface area (Å²) < 4.78 is 5.00. The summed E-state index contributed by atoms with van der Waals surface area (Å²) in [6.45, 7) is 0.507.